The molecule has 0 radical (unpaired) electrons. The van der Waals surface area contributed by atoms with Gasteiger partial charge in [-0.1, -0.05) is 17.7 Å². The molecule has 0 aromatic heterocycles. The van der Waals surface area contributed by atoms with Crippen molar-refractivity contribution in [2.75, 3.05) is 34.0 Å². The highest BCUT2D eigenvalue weighted by Crippen LogP contribution is 2.38. The number of benzene rings is 2. The molecule has 0 N–H and O–H groups in total. The van der Waals surface area contributed by atoms with E-state index in [9.17, 15) is 4.79 Å². The topological polar surface area (TPSA) is 57.2 Å². The van der Waals surface area contributed by atoms with E-state index in [2.05, 4.69) is 0 Å². The second-order valence-electron chi connectivity index (χ2n) is 6.38. The maximum absolute atomic E-state index is 12.9. The summed E-state index contributed by atoms with van der Waals surface area (Å²) in [5.41, 5.74) is 1.76. The van der Waals surface area contributed by atoms with Crippen LogP contribution in [0.1, 0.15) is 18.1 Å². The van der Waals surface area contributed by atoms with Gasteiger partial charge in [-0.2, -0.15) is 0 Å². The molecule has 0 fully saturated rings. The predicted molar refractivity (Wildman–Crippen MR) is 107 cm³/mol. The maximum Gasteiger partial charge on any atom is 0.227 e. The third-order valence-electron chi connectivity index (χ3n) is 4.57. The Hall–Kier alpha value is -2.60. The van der Waals surface area contributed by atoms with Gasteiger partial charge in [0, 0.05) is 13.1 Å². The summed E-state index contributed by atoms with van der Waals surface area (Å²) in [6, 6.07) is 9.24. The van der Waals surface area contributed by atoms with Crippen LogP contribution in [0.3, 0.4) is 0 Å². The minimum atomic E-state index is 0.00466. The molecule has 0 saturated carbocycles. The first kappa shape index (κ1) is 20.1. The van der Waals surface area contributed by atoms with Crippen molar-refractivity contribution in [2.24, 2.45) is 0 Å². The number of nitrogens with zero attached hydrogens (tertiary/aromatic N) is 1. The molecule has 0 atom stereocenters. The number of carbonyl (C=O) groups is 1. The number of ether oxygens (including phenoxy) is 4. The average molecular weight is 406 g/mol. The van der Waals surface area contributed by atoms with E-state index in [1.165, 1.54) is 0 Å². The van der Waals surface area contributed by atoms with Crippen LogP contribution in [0.15, 0.2) is 30.3 Å². The molecular weight excluding hydrogens is 382 g/mol. The fraction of sp³-hybridized carbons (Fsp3) is 0.381. The number of amides is 1. The summed E-state index contributed by atoms with van der Waals surface area (Å²) in [7, 11) is 3.19. The zero-order chi connectivity index (χ0) is 20.1. The van der Waals surface area contributed by atoms with E-state index in [1.54, 1.807) is 25.2 Å². The van der Waals surface area contributed by atoms with Gasteiger partial charge in [0.25, 0.3) is 0 Å². The lowest BCUT2D eigenvalue weighted by molar-refractivity contribution is -0.130. The van der Waals surface area contributed by atoms with Crippen LogP contribution in [0.5, 0.6) is 23.0 Å². The Kier molecular flexibility index (Phi) is 6.52. The lowest BCUT2D eigenvalue weighted by Crippen LogP contribution is -2.31. The monoisotopic (exact) mass is 405 g/mol. The fourth-order valence-corrected chi connectivity index (χ4v) is 3.42. The molecule has 1 aliphatic rings. The van der Waals surface area contributed by atoms with Crippen LogP contribution in [0, 0.1) is 0 Å². The average Bonchev–Trinajstić information content (AvgIpc) is 2.71. The molecule has 1 heterocycles. The highest BCUT2D eigenvalue weighted by Gasteiger charge is 2.20. The third kappa shape index (κ3) is 4.44. The minimum absolute atomic E-state index is 0.00466. The molecule has 3 rings (SSSR count). The van der Waals surface area contributed by atoms with Crippen LogP contribution in [0.25, 0.3) is 0 Å². The Morgan fingerprint density at radius 3 is 2.54 bits per heavy atom. The van der Waals surface area contributed by atoms with Crippen molar-refractivity contribution in [3.8, 4) is 23.0 Å². The van der Waals surface area contributed by atoms with Crippen molar-refractivity contribution in [3.05, 3.63) is 46.5 Å². The van der Waals surface area contributed by atoms with Gasteiger partial charge in [-0.25, -0.2) is 0 Å². The Balaban J connectivity index is 1.73. The molecule has 1 amide bonds. The molecule has 28 heavy (non-hydrogen) atoms. The normalized spacial score (nSPS) is 12.4. The van der Waals surface area contributed by atoms with E-state index in [0.717, 1.165) is 11.1 Å². The lowest BCUT2D eigenvalue weighted by atomic mass is 10.1. The van der Waals surface area contributed by atoms with E-state index >= 15 is 0 Å². The SMILES string of the molecule is CCN(Cc1ccc(OC)c(OC)c1)C(=O)Cc1cc(Cl)c2c(c1)OCCO2. The number of hydrogen-bond donors (Lipinski definition) is 0. The highest BCUT2D eigenvalue weighted by atomic mass is 35.5. The fourth-order valence-electron chi connectivity index (χ4n) is 3.13. The molecule has 2 aromatic rings. The maximum atomic E-state index is 12.9. The van der Waals surface area contributed by atoms with Crippen LogP contribution in [0.4, 0.5) is 0 Å². The van der Waals surface area contributed by atoms with Crippen LogP contribution in [0.2, 0.25) is 5.02 Å². The smallest absolute Gasteiger partial charge is 0.227 e. The van der Waals surface area contributed by atoms with Gasteiger partial charge in [-0.15, -0.1) is 0 Å². The second-order valence-corrected chi connectivity index (χ2v) is 6.78. The third-order valence-corrected chi connectivity index (χ3v) is 4.85. The molecule has 1 aliphatic heterocycles. The number of carbonyl (C=O) groups excluding carboxylic acids is 1. The van der Waals surface area contributed by atoms with Crippen LogP contribution in [-0.2, 0) is 17.8 Å². The van der Waals surface area contributed by atoms with Gasteiger partial charge in [-0.3, -0.25) is 4.79 Å². The lowest BCUT2D eigenvalue weighted by Gasteiger charge is -2.23. The van der Waals surface area contributed by atoms with Gasteiger partial charge in [0.15, 0.2) is 23.0 Å². The molecular formula is C21H24ClNO5. The Labute approximate surface area is 169 Å². The first-order valence-electron chi connectivity index (χ1n) is 9.12. The van der Waals surface area contributed by atoms with Crippen molar-refractivity contribution in [1.29, 1.82) is 0 Å². The summed E-state index contributed by atoms with van der Waals surface area (Å²) < 4.78 is 21.7. The van der Waals surface area contributed by atoms with Crippen molar-refractivity contribution in [1.82, 2.24) is 4.90 Å². The number of hydrogen-bond acceptors (Lipinski definition) is 5. The summed E-state index contributed by atoms with van der Waals surface area (Å²) in [6.45, 7) is 3.97. The largest absolute Gasteiger partial charge is 0.493 e. The van der Waals surface area contributed by atoms with E-state index in [4.69, 9.17) is 30.5 Å². The van der Waals surface area contributed by atoms with Gasteiger partial charge < -0.3 is 23.8 Å². The second kappa shape index (κ2) is 9.06. The van der Waals surface area contributed by atoms with Gasteiger partial charge in [0.2, 0.25) is 5.91 Å². The number of halogens is 1. The minimum Gasteiger partial charge on any atom is -0.493 e. The van der Waals surface area contributed by atoms with E-state index in [-0.39, 0.29) is 12.3 Å². The van der Waals surface area contributed by atoms with Crippen molar-refractivity contribution in [2.45, 2.75) is 19.9 Å². The number of methoxy groups -OCH3 is 2. The van der Waals surface area contributed by atoms with Crippen LogP contribution in [-0.4, -0.2) is 44.8 Å². The molecule has 2 aromatic carbocycles. The molecule has 0 spiro atoms. The van der Waals surface area contributed by atoms with E-state index in [1.807, 2.05) is 31.2 Å². The van der Waals surface area contributed by atoms with Crippen LogP contribution < -0.4 is 18.9 Å². The summed E-state index contributed by atoms with van der Waals surface area (Å²) in [5, 5.41) is 0.461. The molecule has 150 valence electrons. The van der Waals surface area contributed by atoms with Crippen molar-refractivity contribution >= 4 is 17.5 Å². The summed E-state index contributed by atoms with van der Waals surface area (Å²) in [6.07, 6.45) is 0.234. The molecule has 0 bridgehead atoms. The summed E-state index contributed by atoms with van der Waals surface area (Å²) in [4.78, 5) is 14.6. The van der Waals surface area contributed by atoms with Crippen molar-refractivity contribution in [3.63, 3.8) is 0 Å². The summed E-state index contributed by atoms with van der Waals surface area (Å²) >= 11 is 6.28. The Bertz CT molecular complexity index is 855. The number of fused-ring (bicyclic) bond motifs is 1. The van der Waals surface area contributed by atoms with Gasteiger partial charge in [0.1, 0.15) is 13.2 Å². The van der Waals surface area contributed by atoms with Gasteiger partial charge in [0.05, 0.1) is 25.7 Å². The highest BCUT2D eigenvalue weighted by molar-refractivity contribution is 6.32. The zero-order valence-corrected chi connectivity index (χ0v) is 17.0. The number of rotatable bonds is 7. The van der Waals surface area contributed by atoms with Gasteiger partial charge >= 0.3 is 0 Å². The molecule has 0 saturated heterocycles. The molecule has 0 unspecified atom stereocenters. The predicted octanol–water partition coefficient (Wildman–Crippen LogP) is 3.72. The first-order valence-corrected chi connectivity index (χ1v) is 9.50. The molecule has 0 aliphatic carbocycles. The van der Waals surface area contributed by atoms with E-state index < -0.39 is 0 Å². The first-order chi connectivity index (χ1) is 13.5. The standard InChI is InChI=1S/C21H24ClNO5/c1-4-23(13-14-5-6-17(25-2)18(10-14)26-3)20(24)12-15-9-16(22)21-19(11-15)27-7-8-28-21/h5-6,9-11H,4,7-8,12-13H2,1-3H3. The zero-order valence-electron chi connectivity index (χ0n) is 16.3. The molecule has 7 heteroatoms. The van der Waals surface area contributed by atoms with E-state index in [0.29, 0.717) is 54.3 Å². The van der Waals surface area contributed by atoms with Crippen molar-refractivity contribution < 1.29 is 23.7 Å². The molecule has 6 nitrogen and oxygen atoms in total. The Morgan fingerprint density at radius 1 is 1.07 bits per heavy atom. The van der Waals surface area contributed by atoms with Gasteiger partial charge in [-0.05, 0) is 42.3 Å². The van der Waals surface area contributed by atoms with Crippen LogP contribution >= 0.6 is 11.6 Å². The quantitative estimate of drug-likeness (QED) is 0.702. The number of likely N-dealkylation sites (N-methyl/N-ethyl adjacent to an activating group) is 1. The Morgan fingerprint density at radius 2 is 1.82 bits per heavy atom. The summed E-state index contributed by atoms with van der Waals surface area (Å²) in [5.74, 6) is 2.44.